The number of halogens is 3. The van der Waals surface area contributed by atoms with E-state index in [1.165, 1.54) is 6.07 Å². The van der Waals surface area contributed by atoms with Crippen LogP contribution in [0.4, 0.5) is 31.5 Å². The maximum absolute atomic E-state index is 14.4. The lowest BCUT2D eigenvalue weighted by Crippen LogP contribution is -2.43. The van der Waals surface area contributed by atoms with Crippen LogP contribution in [-0.4, -0.2) is 49.0 Å². The predicted molar refractivity (Wildman–Crippen MR) is 146 cm³/mol. The van der Waals surface area contributed by atoms with Crippen LogP contribution in [0.25, 0.3) is 5.69 Å². The number of nitrogens with one attached hydrogen (secondary N) is 1. The highest BCUT2D eigenvalue weighted by Crippen LogP contribution is 2.50. The van der Waals surface area contributed by atoms with Crippen molar-refractivity contribution in [3.8, 4) is 5.69 Å². The third-order valence-corrected chi connectivity index (χ3v) is 7.46. The topological polar surface area (TPSA) is 73.7 Å². The first kappa shape index (κ1) is 26.0. The van der Waals surface area contributed by atoms with Crippen molar-refractivity contribution in [2.45, 2.75) is 32.9 Å². The first-order valence-corrected chi connectivity index (χ1v) is 12.9. The Hall–Kier alpha value is -3.66. The SMILES string of the molecule is CC(C)C1N(C)c2ccc(NC(=O)c3nn(-c4c(F)cccc4F)c(=O)cc3Cl)c(N3CCCC3)c2N1C. The van der Waals surface area contributed by atoms with Crippen LogP contribution in [0.3, 0.4) is 0 Å². The number of hydrogen-bond donors (Lipinski definition) is 1. The van der Waals surface area contributed by atoms with Gasteiger partial charge in [0.05, 0.1) is 27.8 Å². The van der Waals surface area contributed by atoms with Gasteiger partial charge in [-0.25, -0.2) is 8.78 Å². The van der Waals surface area contributed by atoms with Crippen molar-refractivity contribution in [1.82, 2.24) is 9.78 Å². The van der Waals surface area contributed by atoms with Gasteiger partial charge in [-0.05, 0) is 43.0 Å². The van der Waals surface area contributed by atoms with E-state index in [0.29, 0.717) is 16.3 Å². The van der Waals surface area contributed by atoms with Crippen LogP contribution in [0.2, 0.25) is 5.02 Å². The molecule has 38 heavy (non-hydrogen) atoms. The Morgan fingerprint density at radius 2 is 1.68 bits per heavy atom. The molecular weight excluding hydrogens is 514 g/mol. The van der Waals surface area contributed by atoms with Gasteiger partial charge in [0, 0.05) is 33.3 Å². The van der Waals surface area contributed by atoms with Crippen LogP contribution < -0.4 is 25.6 Å². The highest BCUT2D eigenvalue weighted by molar-refractivity contribution is 6.34. The van der Waals surface area contributed by atoms with E-state index in [1.54, 1.807) is 0 Å². The first-order chi connectivity index (χ1) is 18.1. The number of benzene rings is 2. The van der Waals surface area contributed by atoms with Crippen molar-refractivity contribution in [2.24, 2.45) is 5.92 Å². The van der Waals surface area contributed by atoms with E-state index in [1.807, 2.05) is 12.1 Å². The number of amides is 1. The van der Waals surface area contributed by atoms with Crippen molar-refractivity contribution in [3.63, 3.8) is 0 Å². The van der Waals surface area contributed by atoms with E-state index in [4.69, 9.17) is 11.6 Å². The summed E-state index contributed by atoms with van der Waals surface area (Å²) in [6.45, 7) is 6.03. The number of hydrogen-bond acceptors (Lipinski definition) is 6. The largest absolute Gasteiger partial charge is 0.368 e. The minimum Gasteiger partial charge on any atom is -0.368 e. The zero-order chi connectivity index (χ0) is 27.3. The lowest BCUT2D eigenvalue weighted by Gasteiger charge is -2.32. The Kier molecular flexibility index (Phi) is 6.77. The molecule has 2 aliphatic rings. The molecule has 0 spiro atoms. The fourth-order valence-corrected chi connectivity index (χ4v) is 5.83. The summed E-state index contributed by atoms with van der Waals surface area (Å²) in [5.41, 5.74) is 1.67. The number of rotatable bonds is 5. The fourth-order valence-electron chi connectivity index (χ4n) is 5.61. The quantitative estimate of drug-likeness (QED) is 0.495. The summed E-state index contributed by atoms with van der Waals surface area (Å²) >= 11 is 6.24. The second kappa shape index (κ2) is 9.90. The molecule has 0 aliphatic carbocycles. The average Bonchev–Trinajstić information content (AvgIpc) is 3.47. The Labute approximate surface area is 224 Å². The van der Waals surface area contributed by atoms with Gasteiger partial charge in [-0.15, -0.1) is 0 Å². The Balaban J connectivity index is 1.58. The molecule has 1 aromatic heterocycles. The standard InChI is InChI=1S/C27H29ClF2N6O2/c1-15(2)27-33(3)20-11-10-19(24(25(20)34(27)4)35-12-5-6-13-35)31-26(38)22-16(28)14-21(37)36(32-22)23-17(29)8-7-9-18(23)30/h7-11,14-15,27H,5-6,12-13H2,1-4H3,(H,31,38). The lowest BCUT2D eigenvalue weighted by molar-refractivity contribution is 0.102. The number of carbonyl (C=O) groups is 1. The van der Waals surface area contributed by atoms with E-state index in [9.17, 15) is 18.4 Å². The van der Waals surface area contributed by atoms with Crippen LogP contribution >= 0.6 is 11.6 Å². The molecule has 1 saturated heterocycles. The minimum absolute atomic E-state index is 0.146. The van der Waals surface area contributed by atoms with Gasteiger partial charge in [-0.1, -0.05) is 31.5 Å². The molecule has 1 amide bonds. The lowest BCUT2D eigenvalue weighted by atomic mass is 10.1. The number of aromatic nitrogens is 2. The van der Waals surface area contributed by atoms with Crippen LogP contribution in [0.5, 0.6) is 0 Å². The van der Waals surface area contributed by atoms with Crippen molar-refractivity contribution in [1.29, 1.82) is 0 Å². The Morgan fingerprint density at radius 3 is 2.32 bits per heavy atom. The summed E-state index contributed by atoms with van der Waals surface area (Å²) in [6.07, 6.45) is 2.22. The third kappa shape index (κ3) is 4.26. The molecule has 0 saturated carbocycles. The maximum atomic E-state index is 14.4. The van der Waals surface area contributed by atoms with Crippen LogP contribution in [0.15, 0.2) is 41.2 Å². The molecule has 8 nitrogen and oxygen atoms in total. The number of nitrogens with zero attached hydrogens (tertiary/aromatic N) is 5. The van der Waals surface area contributed by atoms with Gasteiger partial charge < -0.3 is 20.0 Å². The van der Waals surface area contributed by atoms with Crippen molar-refractivity contribution in [2.75, 3.05) is 47.2 Å². The molecule has 0 radical (unpaired) electrons. The van der Waals surface area contributed by atoms with Crippen LogP contribution in [-0.2, 0) is 0 Å². The first-order valence-electron chi connectivity index (χ1n) is 12.5. The summed E-state index contributed by atoms with van der Waals surface area (Å²) in [5.74, 6) is -2.33. The molecule has 200 valence electrons. The molecule has 1 unspecified atom stereocenters. The van der Waals surface area contributed by atoms with E-state index in [0.717, 1.165) is 61.2 Å². The van der Waals surface area contributed by atoms with Gasteiger partial charge in [0.1, 0.15) is 11.9 Å². The number of anilines is 4. The normalized spacial score (nSPS) is 16.9. The molecular formula is C27H29ClF2N6O2. The smallest absolute Gasteiger partial charge is 0.277 e. The molecule has 2 aromatic carbocycles. The van der Waals surface area contributed by atoms with Gasteiger partial charge in [0.15, 0.2) is 17.3 Å². The van der Waals surface area contributed by atoms with Crippen molar-refractivity contribution < 1.29 is 13.6 Å². The fraction of sp³-hybridized carbons (Fsp3) is 0.370. The molecule has 1 fully saturated rings. The number of carbonyl (C=O) groups excluding carboxylic acids is 1. The molecule has 11 heteroatoms. The van der Waals surface area contributed by atoms with Gasteiger partial charge in [0.2, 0.25) is 0 Å². The van der Waals surface area contributed by atoms with Gasteiger partial charge in [-0.2, -0.15) is 9.78 Å². The van der Waals surface area contributed by atoms with Crippen molar-refractivity contribution in [3.05, 3.63) is 69.1 Å². The summed E-state index contributed by atoms with van der Waals surface area (Å²) in [6, 6.07) is 7.92. The highest BCUT2D eigenvalue weighted by Gasteiger charge is 2.38. The maximum Gasteiger partial charge on any atom is 0.277 e. The summed E-state index contributed by atoms with van der Waals surface area (Å²) in [4.78, 5) is 32.7. The Bertz CT molecular complexity index is 1450. The molecule has 3 heterocycles. The molecule has 1 N–H and O–H groups in total. The van der Waals surface area contributed by atoms with Crippen LogP contribution in [0, 0.1) is 17.6 Å². The van der Waals surface area contributed by atoms with Crippen molar-refractivity contribution >= 4 is 40.3 Å². The van der Waals surface area contributed by atoms with E-state index >= 15 is 0 Å². The second-order valence-corrected chi connectivity index (χ2v) is 10.4. The van der Waals surface area contributed by atoms with E-state index in [2.05, 4.69) is 53.1 Å². The number of para-hydroxylation sites is 1. The predicted octanol–water partition coefficient (Wildman–Crippen LogP) is 4.88. The van der Waals surface area contributed by atoms with E-state index < -0.39 is 28.8 Å². The van der Waals surface area contributed by atoms with Crippen LogP contribution in [0.1, 0.15) is 37.2 Å². The Morgan fingerprint density at radius 1 is 1.03 bits per heavy atom. The monoisotopic (exact) mass is 542 g/mol. The molecule has 3 aromatic rings. The molecule has 1 atom stereocenters. The van der Waals surface area contributed by atoms with Gasteiger partial charge in [-0.3, -0.25) is 9.59 Å². The second-order valence-electron chi connectivity index (χ2n) is 10.0. The zero-order valence-corrected chi connectivity index (χ0v) is 22.4. The third-order valence-electron chi connectivity index (χ3n) is 7.17. The summed E-state index contributed by atoms with van der Waals surface area (Å²) in [5, 5.41) is 6.65. The number of fused-ring (bicyclic) bond motifs is 1. The molecule has 5 rings (SSSR count). The van der Waals surface area contributed by atoms with E-state index in [-0.39, 0.29) is 16.9 Å². The average molecular weight is 543 g/mol. The van der Waals surface area contributed by atoms with Gasteiger partial charge in [0.25, 0.3) is 11.5 Å². The molecule has 2 aliphatic heterocycles. The summed E-state index contributed by atoms with van der Waals surface area (Å²) < 4.78 is 29.4. The summed E-state index contributed by atoms with van der Waals surface area (Å²) in [7, 11) is 4.11. The van der Waals surface area contributed by atoms with Gasteiger partial charge >= 0.3 is 0 Å². The zero-order valence-electron chi connectivity index (χ0n) is 21.6. The highest BCUT2D eigenvalue weighted by atomic mass is 35.5. The molecule has 0 bridgehead atoms. The minimum atomic E-state index is -0.991.